The van der Waals surface area contributed by atoms with Crippen molar-refractivity contribution in [2.75, 3.05) is 13.2 Å². The third-order valence-electron chi connectivity index (χ3n) is 13.3. The number of aliphatic hydroxyl groups is 2. The van der Waals surface area contributed by atoms with Crippen LogP contribution in [-0.4, -0.2) is 95.8 Å². The van der Waals surface area contributed by atoms with Crippen molar-refractivity contribution in [1.29, 1.82) is 0 Å². The van der Waals surface area contributed by atoms with Crippen LogP contribution in [0.2, 0.25) is 0 Å². The highest BCUT2D eigenvalue weighted by molar-refractivity contribution is 5.96. The average molecular weight is 945 g/mol. The molecule has 12 heteroatoms. The number of carbonyl (C=O) groups is 2. The minimum Gasteiger partial charge on any atom is -0.493 e. The van der Waals surface area contributed by atoms with Gasteiger partial charge in [-0.25, -0.2) is 9.59 Å². The summed E-state index contributed by atoms with van der Waals surface area (Å²) in [6, 6.07) is 7.45. The van der Waals surface area contributed by atoms with Crippen LogP contribution in [0.5, 0.6) is 11.5 Å². The fourth-order valence-electron chi connectivity index (χ4n) is 8.54. The van der Waals surface area contributed by atoms with E-state index in [-0.39, 0.29) is 54.7 Å². The fourth-order valence-corrected chi connectivity index (χ4v) is 8.54. The lowest BCUT2D eigenvalue weighted by atomic mass is 9.94. The quantitative estimate of drug-likeness (QED) is 0.192. The smallest absolute Gasteiger partial charge is 0.339 e. The van der Waals surface area contributed by atoms with Gasteiger partial charge in [-0.15, -0.1) is 0 Å². The molecule has 2 saturated heterocycles. The number of aryl methyl sites for hydroxylation is 2. The Bertz CT molecular complexity index is 1980. The van der Waals surface area contributed by atoms with Gasteiger partial charge in [0.15, 0.2) is 11.6 Å². The van der Waals surface area contributed by atoms with E-state index in [9.17, 15) is 19.8 Å². The summed E-state index contributed by atoms with van der Waals surface area (Å²) in [6.07, 6.45) is 15.4. The predicted octanol–water partition coefficient (Wildman–Crippen LogP) is 10.9. The highest BCUT2D eigenvalue weighted by atomic mass is 16.8. The Morgan fingerprint density at radius 3 is 1.56 bits per heavy atom. The molecule has 6 rings (SSSR count). The lowest BCUT2D eigenvalue weighted by molar-refractivity contribution is -0.152. The van der Waals surface area contributed by atoms with E-state index in [0.717, 1.165) is 28.9 Å². The van der Waals surface area contributed by atoms with Gasteiger partial charge < -0.3 is 48.1 Å². The van der Waals surface area contributed by atoms with Crippen molar-refractivity contribution in [2.45, 2.75) is 183 Å². The molecule has 0 saturated carbocycles. The van der Waals surface area contributed by atoms with Gasteiger partial charge in [-0.2, -0.15) is 0 Å². The van der Waals surface area contributed by atoms with Gasteiger partial charge in [-0.05, 0) is 127 Å². The molecule has 4 aliphatic heterocycles. The summed E-state index contributed by atoms with van der Waals surface area (Å²) >= 11 is 0. The molecule has 0 aromatic heterocycles. The van der Waals surface area contributed by atoms with Crippen LogP contribution in [0.15, 0.2) is 60.7 Å². The van der Waals surface area contributed by atoms with Crippen molar-refractivity contribution in [2.24, 2.45) is 23.7 Å². The number of hydrogen-bond donors (Lipinski definition) is 2. The molecule has 0 amide bonds. The second-order valence-electron chi connectivity index (χ2n) is 20.2. The number of fused-ring (bicyclic) bond motifs is 4. The van der Waals surface area contributed by atoms with Gasteiger partial charge in [0.1, 0.15) is 42.5 Å². The largest absolute Gasteiger partial charge is 0.493 e. The van der Waals surface area contributed by atoms with Gasteiger partial charge in [0.2, 0.25) is 0 Å². The van der Waals surface area contributed by atoms with Crippen LogP contribution in [0.1, 0.15) is 152 Å². The molecule has 4 heterocycles. The first-order valence-corrected chi connectivity index (χ1v) is 24.7. The van der Waals surface area contributed by atoms with Crippen molar-refractivity contribution < 1.29 is 57.7 Å². The molecule has 6 unspecified atom stereocenters. The van der Waals surface area contributed by atoms with Gasteiger partial charge in [-0.1, -0.05) is 96.6 Å². The Hall–Kier alpha value is -4.30. The number of hydrogen-bond acceptors (Lipinski definition) is 12. The number of ether oxygens (including phenoxy) is 8. The van der Waals surface area contributed by atoms with E-state index in [1.54, 1.807) is 18.2 Å². The summed E-state index contributed by atoms with van der Waals surface area (Å²) in [6.45, 7) is 28.3. The monoisotopic (exact) mass is 945 g/mol. The molecule has 12 nitrogen and oxygen atoms in total. The molecule has 376 valence electrons. The van der Waals surface area contributed by atoms with Gasteiger partial charge >= 0.3 is 11.9 Å². The minimum atomic E-state index is -0.854. The topological polar surface area (TPSA) is 148 Å². The van der Waals surface area contributed by atoms with Crippen LogP contribution in [0.4, 0.5) is 0 Å². The SMILES string of the molecule is CCC(C)COc1cc(C)c2c(c1)/C=C/C[C@@H]1OC(C)(C)OC1C(C)/C=C\[C@@H](C)[C@H](C)OC2=O.CCC(O)COc1cc(C)c2c(c1)/C=C/C[C@@H]1OC(C)(C)OC1C(O)/C=C\[C@@H](C)[C@H](C)OC2=O. The molecular formula is C56H80O12. The minimum absolute atomic E-state index is 0.0460. The zero-order valence-corrected chi connectivity index (χ0v) is 43.1. The summed E-state index contributed by atoms with van der Waals surface area (Å²) in [5, 5.41) is 20.6. The van der Waals surface area contributed by atoms with Crippen molar-refractivity contribution >= 4 is 24.1 Å². The number of aliphatic hydroxyl groups excluding tert-OH is 2. The molecule has 2 aromatic rings. The molecular weight excluding hydrogens is 865 g/mol. The molecule has 0 radical (unpaired) electrons. The molecule has 68 heavy (non-hydrogen) atoms. The second-order valence-corrected chi connectivity index (χ2v) is 20.2. The number of carbonyl (C=O) groups excluding carboxylic acids is 2. The van der Waals surface area contributed by atoms with Crippen LogP contribution < -0.4 is 9.47 Å². The maximum absolute atomic E-state index is 13.2. The summed E-state index contributed by atoms with van der Waals surface area (Å²) in [5.74, 6) is -0.218. The van der Waals surface area contributed by atoms with Gasteiger partial charge in [0.25, 0.3) is 0 Å². The molecule has 2 aromatic carbocycles. The lowest BCUT2D eigenvalue weighted by Crippen LogP contribution is -2.34. The van der Waals surface area contributed by atoms with E-state index >= 15 is 0 Å². The zero-order chi connectivity index (χ0) is 50.1. The Morgan fingerprint density at radius 1 is 0.632 bits per heavy atom. The summed E-state index contributed by atoms with van der Waals surface area (Å²) < 4.78 is 48.1. The molecule has 0 bridgehead atoms. The molecule has 12 atom stereocenters. The number of benzene rings is 2. The maximum atomic E-state index is 13.2. The summed E-state index contributed by atoms with van der Waals surface area (Å²) in [4.78, 5) is 26.4. The van der Waals surface area contributed by atoms with Gasteiger partial charge in [0, 0.05) is 17.8 Å². The highest BCUT2D eigenvalue weighted by Crippen LogP contribution is 2.37. The van der Waals surface area contributed by atoms with Crippen LogP contribution in [0, 0.1) is 37.5 Å². The third-order valence-corrected chi connectivity index (χ3v) is 13.3. The highest BCUT2D eigenvalue weighted by Gasteiger charge is 2.44. The number of esters is 2. The standard InChI is InChI=1S/C29H42O5.C27H38O7/c1-9-18(2)17-31-24-15-21(5)26-23(16-24)11-10-12-25-27(34-29(7,8)33-25)20(4)14-13-19(3)22(6)32-28(26)30;1-7-20(28)15-31-21-13-17(3)24-19(14-21)9-8-10-23-25(34-27(5,6)33-23)22(29)12-11-16(2)18(4)32-26(24)30/h10-11,13-16,18-20,22,25,27H,9,12,17H2,1-8H3;8-9,11-14,16,18,20,22-23,25,28-29H,7,10,15H2,1-6H3/b11-10+,14-13-;9-8+,12-11-/t18?,19-,20?,22+,25+,27?;16-,18+,20?,22?,23+,25?/m11/s1. The number of cyclic esters (lactones) is 2. The number of rotatable bonds is 8. The van der Waals surface area contributed by atoms with E-state index in [1.165, 1.54) is 0 Å². The predicted molar refractivity (Wildman–Crippen MR) is 266 cm³/mol. The fraction of sp³-hybridized carbons (Fsp3) is 0.607. The van der Waals surface area contributed by atoms with Crippen LogP contribution in [0.3, 0.4) is 0 Å². The second kappa shape index (κ2) is 24.0. The van der Waals surface area contributed by atoms with E-state index < -0.39 is 42.0 Å². The van der Waals surface area contributed by atoms with E-state index in [0.29, 0.717) is 54.2 Å². The lowest BCUT2D eigenvalue weighted by Gasteiger charge is -2.23. The van der Waals surface area contributed by atoms with Crippen molar-refractivity contribution in [3.63, 3.8) is 0 Å². The van der Waals surface area contributed by atoms with Crippen LogP contribution in [-0.2, 0) is 28.4 Å². The van der Waals surface area contributed by atoms with Crippen LogP contribution in [0.25, 0.3) is 12.2 Å². The summed E-state index contributed by atoms with van der Waals surface area (Å²) in [7, 11) is 0. The first-order valence-electron chi connectivity index (χ1n) is 24.7. The zero-order valence-electron chi connectivity index (χ0n) is 43.1. The van der Waals surface area contributed by atoms with E-state index in [1.807, 2.05) is 106 Å². The van der Waals surface area contributed by atoms with Crippen molar-refractivity contribution in [3.05, 3.63) is 94.1 Å². The van der Waals surface area contributed by atoms with Crippen LogP contribution >= 0.6 is 0 Å². The first-order chi connectivity index (χ1) is 32.0. The molecule has 2 fully saturated rings. The van der Waals surface area contributed by atoms with Crippen molar-refractivity contribution in [3.8, 4) is 11.5 Å². The molecule has 2 N–H and O–H groups in total. The molecule has 0 spiro atoms. The summed E-state index contributed by atoms with van der Waals surface area (Å²) in [5.41, 5.74) is 4.10. The van der Waals surface area contributed by atoms with Gasteiger partial charge in [0.05, 0.1) is 42.1 Å². The Balaban J connectivity index is 0.000000254. The maximum Gasteiger partial charge on any atom is 0.339 e. The molecule has 4 aliphatic rings. The van der Waals surface area contributed by atoms with E-state index in [2.05, 4.69) is 45.9 Å². The Morgan fingerprint density at radius 2 is 1.07 bits per heavy atom. The Labute approximate surface area is 406 Å². The average Bonchev–Trinajstić information content (AvgIpc) is 3.77. The first kappa shape index (κ1) is 54.6. The van der Waals surface area contributed by atoms with Crippen molar-refractivity contribution in [1.82, 2.24) is 0 Å². The Kier molecular flexibility index (Phi) is 19.3. The molecule has 0 aliphatic carbocycles. The van der Waals surface area contributed by atoms with Gasteiger partial charge in [-0.3, -0.25) is 0 Å². The third kappa shape index (κ3) is 14.9. The van der Waals surface area contributed by atoms with E-state index in [4.69, 9.17) is 37.9 Å². The normalized spacial score (nSPS) is 32.0.